The minimum absolute atomic E-state index is 0.617. The highest BCUT2D eigenvalue weighted by atomic mass is 79.9. The van der Waals surface area contributed by atoms with Crippen LogP contribution >= 0.6 is 15.9 Å². The Morgan fingerprint density at radius 2 is 1.70 bits per heavy atom. The lowest BCUT2D eigenvalue weighted by Crippen LogP contribution is -2.02. The van der Waals surface area contributed by atoms with E-state index < -0.39 is 0 Å². The molecule has 0 N–H and O–H groups in total. The zero-order valence-electron chi connectivity index (χ0n) is 16.9. The SMILES string of the molecule is CCCCCOc1ccc2c(OC)c(OCCCCC(Br)CC)ccc2c1. The van der Waals surface area contributed by atoms with E-state index in [9.17, 15) is 0 Å². The molecule has 0 bridgehead atoms. The molecule has 1 unspecified atom stereocenters. The van der Waals surface area contributed by atoms with Gasteiger partial charge in [-0.25, -0.2) is 0 Å². The Morgan fingerprint density at radius 1 is 0.926 bits per heavy atom. The van der Waals surface area contributed by atoms with Crippen LogP contribution in [-0.4, -0.2) is 25.2 Å². The van der Waals surface area contributed by atoms with E-state index >= 15 is 0 Å². The summed E-state index contributed by atoms with van der Waals surface area (Å²) in [5, 5.41) is 2.17. The fourth-order valence-corrected chi connectivity index (χ4v) is 3.39. The molecule has 0 aliphatic heterocycles. The summed E-state index contributed by atoms with van der Waals surface area (Å²) in [5.41, 5.74) is 0. The number of ether oxygens (including phenoxy) is 3. The van der Waals surface area contributed by atoms with Crippen molar-refractivity contribution in [1.29, 1.82) is 0 Å². The molecule has 0 radical (unpaired) electrons. The van der Waals surface area contributed by atoms with E-state index in [2.05, 4.69) is 48.0 Å². The van der Waals surface area contributed by atoms with E-state index in [1.807, 2.05) is 12.1 Å². The van der Waals surface area contributed by atoms with Crippen LogP contribution in [0.15, 0.2) is 30.3 Å². The molecule has 0 saturated carbocycles. The molecule has 3 nitrogen and oxygen atoms in total. The first-order chi connectivity index (χ1) is 13.2. The van der Waals surface area contributed by atoms with Gasteiger partial charge in [0.15, 0.2) is 11.5 Å². The minimum atomic E-state index is 0.617. The van der Waals surface area contributed by atoms with Crippen molar-refractivity contribution in [1.82, 2.24) is 0 Å². The summed E-state index contributed by atoms with van der Waals surface area (Å²) in [6, 6.07) is 10.2. The van der Waals surface area contributed by atoms with Crippen molar-refractivity contribution in [3.8, 4) is 17.2 Å². The summed E-state index contributed by atoms with van der Waals surface area (Å²) in [4.78, 5) is 0.617. The number of rotatable bonds is 13. The van der Waals surface area contributed by atoms with E-state index in [4.69, 9.17) is 14.2 Å². The summed E-state index contributed by atoms with van der Waals surface area (Å²) in [7, 11) is 1.70. The lowest BCUT2D eigenvalue weighted by atomic mass is 10.1. The molecule has 0 heterocycles. The Hall–Kier alpha value is -1.42. The summed E-state index contributed by atoms with van der Waals surface area (Å²) >= 11 is 3.68. The van der Waals surface area contributed by atoms with Crippen LogP contribution in [-0.2, 0) is 0 Å². The highest BCUT2D eigenvalue weighted by Gasteiger charge is 2.11. The highest BCUT2D eigenvalue weighted by molar-refractivity contribution is 9.09. The Kier molecular flexibility index (Phi) is 9.82. The van der Waals surface area contributed by atoms with Crippen LogP contribution < -0.4 is 14.2 Å². The zero-order chi connectivity index (χ0) is 19.5. The second kappa shape index (κ2) is 12.1. The molecule has 0 aliphatic rings. The molecule has 0 spiro atoms. The van der Waals surface area contributed by atoms with Gasteiger partial charge in [0.05, 0.1) is 20.3 Å². The summed E-state index contributed by atoms with van der Waals surface area (Å²) in [6.07, 6.45) is 8.08. The van der Waals surface area contributed by atoms with Gasteiger partial charge in [-0.1, -0.05) is 48.7 Å². The van der Waals surface area contributed by atoms with Crippen LogP contribution in [0.5, 0.6) is 17.2 Å². The van der Waals surface area contributed by atoms with Crippen LogP contribution in [0, 0.1) is 0 Å². The van der Waals surface area contributed by atoms with E-state index in [0.29, 0.717) is 11.4 Å². The van der Waals surface area contributed by atoms with Crippen LogP contribution in [0.1, 0.15) is 58.8 Å². The van der Waals surface area contributed by atoms with Gasteiger partial charge in [-0.2, -0.15) is 0 Å². The van der Waals surface area contributed by atoms with Crippen molar-refractivity contribution >= 4 is 26.7 Å². The van der Waals surface area contributed by atoms with Gasteiger partial charge in [0.25, 0.3) is 0 Å². The van der Waals surface area contributed by atoms with Crippen LogP contribution in [0.2, 0.25) is 0 Å². The zero-order valence-corrected chi connectivity index (χ0v) is 18.5. The molecule has 2 aromatic carbocycles. The molecule has 0 saturated heterocycles. The largest absolute Gasteiger partial charge is 0.494 e. The number of hydrogen-bond donors (Lipinski definition) is 0. The maximum atomic E-state index is 6.00. The Bertz CT molecular complexity index is 687. The molecule has 1 atom stereocenters. The second-order valence-corrected chi connectivity index (χ2v) is 8.18. The van der Waals surface area contributed by atoms with Gasteiger partial charge < -0.3 is 14.2 Å². The van der Waals surface area contributed by atoms with E-state index in [1.165, 1.54) is 32.1 Å². The molecule has 0 fully saturated rings. The predicted molar refractivity (Wildman–Crippen MR) is 118 cm³/mol. The fourth-order valence-electron chi connectivity index (χ4n) is 3.07. The Morgan fingerprint density at radius 3 is 2.44 bits per heavy atom. The molecule has 27 heavy (non-hydrogen) atoms. The number of methoxy groups -OCH3 is 1. The monoisotopic (exact) mass is 436 g/mol. The summed E-state index contributed by atoms with van der Waals surface area (Å²) in [5.74, 6) is 2.53. The first kappa shape index (κ1) is 21.9. The number of unbranched alkanes of at least 4 members (excludes halogenated alkanes) is 3. The molecular formula is C23H33BrO3. The van der Waals surface area contributed by atoms with Gasteiger partial charge in [-0.3, -0.25) is 0 Å². The fraction of sp³-hybridized carbons (Fsp3) is 0.565. The van der Waals surface area contributed by atoms with E-state index in [1.54, 1.807) is 7.11 Å². The Balaban J connectivity index is 1.97. The molecule has 4 heteroatoms. The maximum Gasteiger partial charge on any atom is 0.168 e. The molecule has 2 aromatic rings. The van der Waals surface area contributed by atoms with Gasteiger partial charge in [0, 0.05) is 10.2 Å². The Labute approximate surface area is 172 Å². The van der Waals surface area contributed by atoms with Gasteiger partial charge >= 0.3 is 0 Å². The van der Waals surface area contributed by atoms with Crippen molar-refractivity contribution in [3.05, 3.63) is 30.3 Å². The topological polar surface area (TPSA) is 27.7 Å². The molecule has 150 valence electrons. The average Bonchev–Trinajstić information content (AvgIpc) is 2.70. The van der Waals surface area contributed by atoms with Gasteiger partial charge in [0.1, 0.15) is 5.75 Å². The van der Waals surface area contributed by atoms with Gasteiger partial charge in [-0.05, 0) is 61.8 Å². The average molecular weight is 437 g/mol. The van der Waals surface area contributed by atoms with Crippen molar-refractivity contribution in [3.63, 3.8) is 0 Å². The molecule has 2 rings (SSSR count). The quantitative estimate of drug-likeness (QED) is 0.246. The summed E-state index contributed by atoms with van der Waals surface area (Å²) in [6.45, 7) is 5.89. The third kappa shape index (κ3) is 6.91. The van der Waals surface area contributed by atoms with Gasteiger partial charge in [0.2, 0.25) is 0 Å². The van der Waals surface area contributed by atoms with Crippen LogP contribution in [0.25, 0.3) is 10.8 Å². The van der Waals surface area contributed by atoms with Crippen molar-refractivity contribution in [2.75, 3.05) is 20.3 Å². The lowest BCUT2D eigenvalue weighted by Gasteiger charge is -2.14. The highest BCUT2D eigenvalue weighted by Crippen LogP contribution is 2.37. The number of alkyl halides is 1. The molecule has 0 aliphatic carbocycles. The third-order valence-electron chi connectivity index (χ3n) is 4.74. The number of halogens is 1. The third-order valence-corrected chi connectivity index (χ3v) is 5.84. The van der Waals surface area contributed by atoms with Crippen LogP contribution in [0.4, 0.5) is 0 Å². The first-order valence-corrected chi connectivity index (χ1v) is 11.1. The molecular weight excluding hydrogens is 404 g/mol. The summed E-state index contributed by atoms with van der Waals surface area (Å²) < 4.78 is 17.5. The van der Waals surface area contributed by atoms with E-state index in [-0.39, 0.29) is 0 Å². The number of fused-ring (bicyclic) bond motifs is 1. The molecule has 0 aromatic heterocycles. The van der Waals surface area contributed by atoms with Crippen molar-refractivity contribution < 1.29 is 14.2 Å². The normalized spacial score (nSPS) is 12.1. The van der Waals surface area contributed by atoms with Crippen molar-refractivity contribution in [2.24, 2.45) is 0 Å². The van der Waals surface area contributed by atoms with E-state index in [0.717, 1.165) is 47.5 Å². The maximum absolute atomic E-state index is 6.00. The predicted octanol–water partition coefficient (Wildman–Crippen LogP) is 7.14. The standard InChI is InChI=1S/C23H33BrO3/c1-4-6-8-15-26-20-12-13-21-18(17-20)11-14-22(23(21)25-3)27-16-9-7-10-19(24)5-2/h11-14,17,19H,4-10,15-16H2,1-3H3. The number of benzene rings is 2. The minimum Gasteiger partial charge on any atom is -0.494 e. The lowest BCUT2D eigenvalue weighted by molar-refractivity contribution is 0.286. The molecule has 0 amide bonds. The van der Waals surface area contributed by atoms with Crippen LogP contribution in [0.3, 0.4) is 0 Å². The first-order valence-electron chi connectivity index (χ1n) is 10.2. The van der Waals surface area contributed by atoms with Crippen molar-refractivity contribution in [2.45, 2.75) is 63.6 Å². The second-order valence-electron chi connectivity index (χ2n) is 6.89. The smallest absolute Gasteiger partial charge is 0.168 e. The van der Waals surface area contributed by atoms with Gasteiger partial charge in [-0.15, -0.1) is 0 Å². The number of hydrogen-bond acceptors (Lipinski definition) is 3.